The molecule has 21 heteroatoms. The number of rotatable bonds is 10. The molecule has 4 heterocycles. The van der Waals surface area contributed by atoms with Crippen LogP contribution in [0, 0.1) is 0 Å². The van der Waals surface area contributed by atoms with Gasteiger partial charge in [-0.2, -0.15) is 0 Å². The average Bonchev–Trinajstić information content (AvgIpc) is 3.03. The van der Waals surface area contributed by atoms with Gasteiger partial charge in [-0.15, -0.1) is 0 Å². The zero-order valence-corrected chi connectivity index (χ0v) is 23.6. The number of hydrogen-bond acceptors (Lipinski definition) is 21. The van der Waals surface area contributed by atoms with Crippen LogP contribution in [0.5, 0.6) is 0 Å². The third kappa shape index (κ3) is 7.44. The quantitative estimate of drug-likeness (QED) is 0.103. The van der Waals surface area contributed by atoms with Crippen LogP contribution in [0.15, 0.2) is 0 Å². The largest absolute Gasteiger partial charge is 0.394 e. The van der Waals surface area contributed by atoms with E-state index in [2.05, 4.69) is 5.32 Å². The van der Waals surface area contributed by atoms with Gasteiger partial charge in [-0.1, -0.05) is 0 Å². The molecule has 0 amide bonds. The minimum absolute atomic E-state index is 0.772. The van der Waals surface area contributed by atoms with Crippen LogP contribution in [0.3, 0.4) is 0 Å². The second kappa shape index (κ2) is 15.6. The SMILES string of the molecule is OC[C@H]1OC(O[C@H]2[C@H](O)[C@@H](O)[C@H](N[C@@H]3O[C@H](CO)[C@@H](OC4O[C@H](CO)[C@@H](O)[C@H](O)[C@H]4O)[C@H](O)[C@H]3O)O[C@@H]2CO)[C@H](O)[C@@H](O)[C@@H]1O. The first-order valence-corrected chi connectivity index (χ1v) is 14.2. The molecule has 4 aliphatic heterocycles. The lowest BCUT2D eigenvalue weighted by atomic mass is 9.95. The minimum atomic E-state index is -1.91. The molecular weight excluding hydrogens is 622 g/mol. The van der Waals surface area contributed by atoms with Crippen LogP contribution in [-0.4, -0.2) is 221 Å². The summed E-state index contributed by atoms with van der Waals surface area (Å²) in [5.41, 5.74) is 0. The molecule has 0 spiro atoms. The third-order valence-electron chi connectivity index (χ3n) is 8.34. The van der Waals surface area contributed by atoms with Gasteiger partial charge in [0.25, 0.3) is 0 Å². The molecule has 264 valence electrons. The Balaban J connectivity index is 1.41. The Morgan fingerprint density at radius 1 is 0.378 bits per heavy atom. The van der Waals surface area contributed by atoms with Gasteiger partial charge in [0.15, 0.2) is 12.6 Å². The van der Waals surface area contributed by atoms with Gasteiger partial charge in [0.2, 0.25) is 0 Å². The van der Waals surface area contributed by atoms with Crippen molar-refractivity contribution in [3.63, 3.8) is 0 Å². The Hall–Kier alpha value is -0.840. The summed E-state index contributed by atoms with van der Waals surface area (Å²) in [7, 11) is 0. The van der Waals surface area contributed by atoms with E-state index in [4.69, 9.17) is 28.4 Å². The fraction of sp³-hybridized carbons (Fsp3) is 1.00. The zero-order chi connectivity index (χ0) is 33.3. The molecule has 4 aliphatic rings. The normalized spacial score (nSPS) is 52.9. The topological polar surface area (TPSA) is 351 Å². The van der Waals surface area contributed by atoms with Crippen LogP contribution in [0.2, 0.25) is 0 Å². The summed E-state index contributed by atoms with van der Waals surface area (Å²) >= 11 is 0. The van der Waals surface area contributed by atoms with E-state index < -0.39 is 149 Å². The van der Waals surface area contributed by atoms with E-state index in [-0.39, 0.29) is 0 Å². The van der Waals surface area contributed by atoms with Crippen molar-refractivity contribution in [2.75, 3.05) is 26.4 Å². The first-order chi connectivity index (χ1) is 21.3. The third-order valence-corrected chi connectivity index (χ3v) is 8.34. The van der Waals surface area contributed by atoms with Crippen LogP contribution < -0.4 is 5.32 Å². The predicted molar refractivity (Wildman–Crippen MR) is 136 cm³/mol. The van der Waals surface area contributed by atoms with Crippen molar-refractivity contribution in [1.82, 2.24) is 5.32 Å². The first-order valence-electron chi connectivity index (χ1n) is 14.2. The number of hydrogen-bond donors (Lipinski definition) is 15. The number of nitrogens with one attached hydrogen (secondary N) is 1. The molecule has 0 aliphatic carbocycles. The standard InChI is InChI=1S/C24H43NO20/c26-1-5-9(30)11(32)17(38)23(42-5)44-19-7(3-28)40-21(15(36)13(19)34)25-22-16(37)14(35)20(8(4-29)41-22)45-24-18(39)12(33)10(31)6(2-27)43-24/h5-39H,1-4H2/t5-,6-,7-,8-,9-,10-,11+,12+,13-,14-,15-,16-,17-,18-,19-,20-,21-,22-,23?,24?/m1/s1. The number of aliphatic hydroxyl groups excluding tert-OH is 14. The molecule has 4 fully saturated rings. The summed E-state index contributed by atoms with van der Waals surface area (Å²) in [4.78, 5) is 0. The lowest BCUT2D eigenvalue weighted by Crippen LogP contribution is -2.70. The van der Waals surface area contributed by atoms with E-state index >= 15 is 0 Å². The maximum atomic E-state index is 10.8. The lowest BCUT2D eigenvalue weighted by molar-refractivity contribution is -0.352. The fourth-order valence-corrected chi connectivity index (χ4v) is 5.62. The number of ether oxygens (including phenoxy) is 6. The summed E-state index contributed by atoms with van der Waals surface area (Å²) in [6.07, 6.45) is -34.1. The first kappa shape index (κ1) is 37.0. The highest BCUT2D eigenvalue weighted by Crippen LogP contribution is 2.32. The van der Waals surface area contributed by atoms with Crippen molar-refractivity contribution >= 4 is 0 Å². The molecule has 15 N–H and O–H groups in total. The molecule has 0 aromatic carbocycles. The molecule has 4 saturated heterocycles. The number of aliphatic hydroxyl groups is 14. The summed E-state index contributed by atoms with van der Waals surface area (Å²) in [5.74, 6) is 0. The van der Waals surface area contributed by atoms with Crippen molar-refractivity contribution in [3.8, 4) is 0 Å². The van der Waals surface area contributed by atoms with Crippen LogP contribution >= 0.6 is 0 Å². The smallest absolute Gasteiger partial charge is 0.187 e. The van der Waals surface area contributed by atoms with Crippen LogP contribution in [-0.2, 0) is 28.4 Å². The molecule has 45 heavy (non-hydrogen) atoms. The van der Waals surface area contributed by atoms with E-state index in [9.17, 15) is 71.5 Å². The minimum Gasteiger partial charge on any atom is -0.394 e. The van der Waals surface area contributed by atoms with Crippen LogP contribution in [0.1, 0.15) is 0 Å². The molecule has 0 bridgehead atoms. The summed E-state index contributed by atoms with van der Waals surface area (Å²) in [6.45, 7) is -3.25. The predicted octanol–water partition coefficient (Wildman–Crippen LogP) is -10.2. The maximum absolute atomic E-state index is 10.8. The zero-order valence-electron chi connectivity index (χ0n) is 23.6. The van der Waals surface area contributed by atoms with Crippen LogP contribution in [0.25, 0.3) is 0 Å². The second-order valence-electron chi connectivity index (χ2n) is 11.3. The molecule has 21 nitrogen and oxygen atoms in total. The highest BCUT2D eigenvalue weighted by atomic mass is 16.7. The molecular formula is C24H43NO20. The van der Waals surface area contributed by atoms with Gasteiger partial charge >= 0.3 is 0 Å². The van der Waals surface area contributed by atoms with E-state index in [1.165, 1.54) is 0 Å². The van der Waals surface area contributed by atoms with E-state index in [1.54, 1.807) is 0 Å². The van der Waals surface area contributed by atoms with E-state index in [0.717, 1.165) is 0 Å². The Morgan fingerprint density at radius 2 is 0.711 bits per heavy atom. The van der Waals surface area contributed by atoms with Crippen molar-refractivity contribution in [3.05, 3.63) is 0 Å². The van der Waals surface area contributed by atoms with Crippen molar-refractivity contribution in [2.24, 2.45) is 0 Å². The van der Waals surface area contributed by atoms with Crippen molar-refractivity contribution < 1.29 is 99.9 Å². The maximum Gasteiger partial charge on any atom is 0.187 e. The Kier molecular flexibility index (Phi) is 12.8. The second-order valence-corrected chi connectivity index (χ2v) is 11.3. The highest BCUT2D eigenvalue weighted by Gasteiger charge is 2.54. The van der Waals surface area contributed by atoms with Gasteiger partial charge < -0.3 is 99.9 Å². The van der Waals surface area contributed by atoms with Gasteiger partial charge in [0.05, 0.1) is 26.4 Å². The molecule has 20 atom stereocenters. The fourth-order valence-electron chi connectivity index (χ4n) is 5.62. The van der Waals surface area contributed by atoms with Gasteiger partial charge in [-0.25, -0.2) is 0 Å². The van der Waals surface area contributed by atoms with Gasteiger partial charge in [0.1, 0.15) is 110 Å². The molecule has 0 radical (unpaired) electrons. The summed E-state index contributed by atoms with van der Waals surface area (Å²) < 4.78 is 32.6. The molecule has 0 aromatic heterocycles. The average molecular weight is 666 g/mol. The summed E-state index contributed by atoms with van der Waals surface area (Å²) in [5, 5.41) is 145. The van der Waals surface area contributed by atoms with Crippen LogP contribution in [0.4, 0.5) is 0 Å². The molecule has 2 unspecified atom stereocenters. The van der Waals surface area contributed by atoms with Gasteiger partial charge in [-0.3, -0.25) is 5.32 Å². The Morgan fingerprint density at radius 3 is 1.02 bits per heavy atom. The Bertz CT molecular complexity index is 846. The lowest BCUT2D eigenvalue weighted by Gasteiger charge is -2.49. The summed E-state index contributed by atoms with van der Waals surface area (Å²) in [6, 6.07) is 0. The van der Waals surface area contributed by atoms with Crippen molar-refractivity contribution in [1.29, 1.82) is 0 Å². The van der Waals surface area contributed by atoms with E-state index in [1.807, 2.05) is 0 Å². The molecule has 0 saturated carbocycles. The highest BCUT2D eigenvalue weighted by molar-refractivity contribution is 4.99. The van der Waals surface area contributed by atoms with Crippen molar-refractivity contribution in [2.45, 2.75) is 123 Å². The Labute approximate surface area is 254 Å². The van der Waals surface area contributed by atoms with Gasteiger partial charge in [0, 0.05) is 0 Å². The van der Waals surface area contributed by atoms with E-state index in [0.29, 0.717) is 0 Å². The van der Waals surface area contributed by atoms with Gasteiger partial charge in [-0.05, 0) is 0 Å². The molecule has 0 aromatic rings. The molecule has 4 rings (SSSR count). The monoisotopic (exact) mass is 665 g/mol.